The van der Waals surface area contributed by atoms with E-state index in [9.17, 15) is 22.8 Å². The van der Waals surface area contributed by atoms with Gasteiger partial charge >= 0.3 is 6.18 Å². The molecule has 3 N–H and O–H groups in total. The van der Waals surface area contributed by atoms with Crippen LogP contribution in [0.2, 0.25) is 0 Å². The summed E-state index contributed by atoms with van der Waals surface area (Å²) >= 11 is 0. The molecule has 180 valence electrons. The topological polar surface area (TPSA) is 138 Å². The second kappa shape index (κ2) is 9.59. The second-order valence-electron chi connectivity index (χ2n) is 7.55. The predicted molar refractivity (Wildman–Crippen MR) is 114 cm³/mol. The molecule has 1 aliphatic rings. The highest BCUT2D eigenvalue weighted by molar-refractivity contribution is 5.95. The monoisotopic (exact) mass is 478 g/mol. The number of anilines is 1. The van der Waals surface area contributed by atoms with Gasteiger partial charge in [0.1, 0.15) is 36.1 Å². The van der Waals surface area contributed by atoms with Gasteiger partial charge in [-0.1, -0.05) is 0 Å². The van der Waals surface area contributed by atoms with Crippen molar-refractivity contribution < 1.29 is 27.5 Å². The summed E-state index contributed by atoms with van der Waals surface area (Å²) in [5.74, 6) is -0.979. The molecular formula is C20H21F3N8O3. The highest BCUT2D eigenvalue weighted by Gasteiger charge is 2.29. The van der Waals surface area contributed by atoms with Gasteiger partial charge in [-0.25, -0.2) is 19.9 Å². The Hall–Kier alpha value is -3.81. The van der Waals surface area contributed by atoms with Crippen molar-refractivity contribution >= 4 is 28.7 Å². The maximum Gasteiger partial charge on any atom is 0.405 e. The Morgan fingerprint density at radius 2 is 2.03 bits per heavy atom. The van der Waals surface area contributed by atoms with E-state index >= 15 is 0 Å². The van der Waals surface area contributed by atoms with Crippen LogP contribution in [0, 0.1) is 0 Å². The fourth-order valence-corrected chi connectivity index (χ4v) is 3.35. The zero-order valence-corrected chi connectivity index (χ0v) is 18.0. The van der Waals surface area contributed by atoms with Crippen LogP contribution in [0.5, 0.6) is 0 Å². The summed E-state index contributed by atoms with van der Waals surface area (Å²) in [7, 11) is 0. The van der Waals surface area contributed by atoms with E-state index in [4.69, 9.17) is 4.74 Å². The molecular weight excluding hydrogens is 457 g/mol. The van der Waals surface area contributed by atoms with Crippen LogP contribution in [-0.2, 0) is 9.53 Å². The van der Waals surface area contributed by atoms with Gasteiger partial charge in [-0.15, -0.1) is 0 Å². The molecule has 1 atom stereocenters. The van der Waals surface area contributed by atoms with E-state index in [1.54, 1.807) is 17.3 Å². The van der Waals surface area contributed by atoms with E-state index in [-0.39, 0.29) is 23.2 Å². The van der Waals surface area contributed by atoms with Crippen molar-refractivity contribution in [1.82, 2.24) is 35.1 Å². The average molecular weight is 478 g/mol. The number of nitrogens with one attached hydrogen (secondary N) is 3. The first kappa shape index (κ1) is 23.4. The number of alkyl halides is 3. The van der Waals surface area contributed by atoms with Crippen LogP contribution < -0.4 is 10.6 Å². The van der Waals surface area contributed by atoms with Crippen molar-refractivity contribution in [2.24, 2.45) is 0 Å². The quantitative estimate of drug-likeness (QED) is 0.483. The number of rotatable bonds is 6. The molecule has 1 saturated heterocycles. The average Bonchev–Trinajstić information content (AvgIpc) is 3.26. The van der Waals surface area contributed by atoms with E-state index in [1.807, 2.05) is 5.32 Å². The van der Waals surface area contributed by atoms with E-state index in [1.165, 1.54) is 19.3 Å². The van der Waals surface area contributed by atoms with Crippen LogP contribution in [0.3, 0.4) is 0 Å². The van der Waals surface area contributed by atoms with Crippen LogP contribution in [0.4, 0.5) is 19.0 Å². The molecule has 3 aromatic rings. The Morgan fingerprint density at radius 1 is 1.26 bits per heavy atom. The van der Waals surface area contributed by atoms with Gasteiger partial charge in [0.15, 0.2) is 5.82 Å². The molecule has 3 aromatic heterocycles. The predicted octanol–water partition coefficient (Wildman–Crippen LogP) is 1.37. The maximum atomic E-state index is 13.1. The van der Waals surface area contributed by atoms with Crippen molar-refractivity contribution in [3.05, 3.63) is 30.5 Å². The van der Waals surface area contributed by atoms with Gasteiger partial charge in [-0.2, -0.15) is 13.2 Å². The number of halogens is 3. The minimum absolute atomic E-state index is 0.0588. The minimum atomic E-state index is -4.54. The number of aromatic nitrogens is 5. The summed E-state index contributed by atoms with van der Waals surface area (Å²) in [5.41, 5.74) is 1.11. The molecule has 14 heteroatoms. The third-order valence-electron chi connectivity index (χ3n) is 5.06. The molecule has 11 nitrogen and oxygen atoms in total. The Balaban J connectivity index is 1.65. The van der Waals surface area contributed by atoms with Gasteiger partial charge in [0.25, 0.3) is 5.91 Å². The number of H-pyrrole nitrogens is 1. The van der Waals surface area contributed by atoms with Gasteiger partial charge < -0.3 is 25.3 Å². The van der Waals surface area contributed by atoms with Crippen LogP contribution in [0.1, 0.15) is 17.4 Å². The van der Waals surface area contributed by atoms with E-state index in [0.29, 0.717) is 42.9 Å². The van der Waals surface area contributed by atoms with Gasteiger partial charge in [0.05, 0.1) is 13.2 Å². The molecule has 2 amide bonds. The van der Waals surface area contributed by atoms with Gasteiger partial charge in [-0.3, -0.25) is 9.59 Å². The second-order valence-corrected chi connectivity index (χ2v) is 7.55. The number of ether oxygens (including phenoxy) is 1. The SMILES string of the molecule is C[C@H](Nc1cc(C(=O)N2CCOCC2)nc(-c2c[nH]c3ncncc23)n1)C(=O)NCC(F)(F)F. The Bertz CT molecular complexity index is 1190. The lowest BCUT2D eigenvalue weighted by molar-refractivity contribution is -0.138. The lowest BCUT2D eigenvalue weighted by Crippen LogP contribution is -2.42. The minimum Gasteiger partial charge on any atom is -0.378 e. The molecule has 0 aromatic carbocycles. The molecule has 0 aliphatic carbocycles. The standard InChI is InChI=1S/C20H21F3N8O3/c1-11(18(32)26-9-20(21,22)23)28-15-6-14(19(33)31-2-4-34-5-3-31)29-17(30-15)13-8-25-16-12(13)7-24-10-27-16/h6-8,10-11H,2-5,9H2,1H3,(H,26,32)(H,24,25,27)(H,28,29,30)/t11-/m0/s1. The molecule has 1 fully saturated rings. The number of amides is 2. The summed E-state index contributed by atoms with van der Waals surface area (Å²) in [4.78, 5) is 46.7. The zero-order chi connectivity index (χ0) is 24.3. The molecule has 0 unspecified atom stereocenters. The Morgan fingerprint density at radius 3 is 2.76 bits per heavy atom. The first-order valence-electron chi connectivity index (χ1n) is 10.4. The third kappa shape index (κ3) is 5.39. The molecule has 0 spiro atoms. The number of morpholine rings is 1. The number of hydrogen-bond donors (Lipinski definition) is 3. The Labute approximate surface area is 191 Å². The number of carbonyl (C=O) groups is 2. The fourth-order valence-electron chi connectivity index (χ4n) is 3.35. The lowest BCUT2D eigenvalue weighted by Gasteiger charge is -2.26. The number of carbonyl (C=O) groups excluding carboxylic acids is 2. The first-order valence-corrected chi connectivity index (χ1v) is 10.4. The van der Waals surface area contributed by atoms with Crippen LogP contribution in [-0.4, -0.2) is 86.7 Å². The van der Waals surface area contributed by atoms with Crippen molar-refractivity contribution in [3.63, 3.8) is 0 Å². The zero-order valence-electron chi connectivity index (χ0n) is 18.0. The smallest absolute Gasteiger partial charge is 0.378 e. The maximum absolute atomic E-state index is 13.1. The fraction of sp³-hybridized carbons (Fsp3) is 0.400. The van der Waals surface area contributed by atoms with Crippen molar-refractivity contribution in [1.29, 1.82) is 0 Å². The molecule has 4 heterocycles. The summed E-state index contributed by atoms with van der Waals surface area (Å²) in [6.07, 6.45) is 0.0118. The lowest BCUT2D eigenvalue weighted by atomic mass is 10.2. The highest BCUT2D eigenvalue weighted by Crippen LogP contribution is 2.26. The summed E-state index contributed by atoms with van der Waals surface area (Å²) < 4.78 is 42.6. The first-order chi connectivity index (χ1) is 16.2. The normalized spacial score (nSPS) is 15.2. The van der Waals surface area contributed by atoms with Crippen molar-refractivity contribution in [2.45, 2.75) is 19.1 Å². The number of hydrogen-bond acceptors (Lipinski definition) is 8. The van der Waals surface area contributed by atoms with Crippen LogP contribution in [0.15, 0.2) is 24.8 Å². The summed E-state index contributed by atoms with van der Waals surface area (Å²) in [5, 5.41) is 5.19. The number of aromatic amines is 1. The van der Waals surface area contributed by atoms with Gasteiger partial charge in [-0.05, 0) is 6.92 Å². The van der Waals surface area contributed by atoms with E-state index < -0.39 is 24.7 Å². The number of nitrogens with zero attached hydrogens (tertiary/aromatic N) is 5. The molecule has 4 rings (SSSR count). The Kier molecular flexibility index (Phi) is 6.58. The third-order valence-corrected chi connectivity index (χ3v) is 5.06. The van der Waals surface area contributed by atoms with Gasteiger partial charge in [0.2, 0.25) is 5.91 Å². The van der Waals surface area contributed by atoms with Crippen molar-refractivity contribution in [2.75, 3.05) is 38.2 Å². The van der Waals surface area contributed by atoms with E-state index in [2.05, 4.69) is 30.2 Å². The molecule has 1 aliphatic heterocycles. The molecule has 0 saturated carbocycles. The van der Waals surface area contributed by atoms with Crippen LogP contribution in [0.25, 0.3) is 22.4 Å². The van der Waals surface area contributed by atoms with Crippen LogP contribution >= 0.6 is 0 Å². The summed E-state index contributed by atoms with van der Waals surface area (Å²) in [6, 6.07) is 0.294. The van der Waals surface area contributed by atoms with Gasteiger partial charge in [0, 0.05) is 42.5 Å². The molecule has 34 heavy (non-hydrogen) atoms. The van der Waals surface area contributed by atoms with E-state index in [0.717, 1.165) is 0 Å². The van der Waals surface area contributed by atoms with Crippen molar-refractivity contribution in [3.8, 4) is 11.4 Å². The highest BCUT2D eigenvalue weighted by atomic mass is 19.4. The summed E-state index contributed by atoms with van der Waals surface area (Å²) in [6.45, 7) is 1.49. The molecule has 0 bridgehead atoms. The molecule has 0 radical (unpaired) electrons. The number of fused-ring (bicyclic) bond motifs is 1. The largest absolute Gasteiger partial charge is 0.405 e.